The first kappa shape index (κ1) is 13.4. The van der Waals surface area contributed by atoms with Crippen molar-refractivity contribution < 1.29 is 4.39 Å². The van der Waals surface area contributed by atoms with E-state index >= 15 is 0 Å². The van der Waals surface area contributed by atoms with Gasteiger partial charge in [-0.15, -0.1) is 0 Å². The Morgan fingerprint density at radius 1 is 1.21 bits per heavy atom. The fraction of sp³-hybridized carbons (Fsp3) is 0.357. The Morgan fingerprint density at radius 2 is 1.95 bits per heavy atom. The lowest BCUT2D eigenvalue weighted by molar-refractivity contribution is 0.621. The molecule has 0 unspecified atom stereocenters. The van der Waals surface area contributed by atoms with Crippen LogP contribution in [0.3, 0.4) is 0 Å². The normalized spacial score (nSPS) is 10.8. The average molecular weight is 260 g/mol. The Bertz CT molecular complexity index is 579. The summed E-state index contributed by atoms with van der Waals surface area (Å²) in [6, 6.07) is 2.94. The van der Waals surface area contributed by atoms with Gasteiger partial charge in [0.25, 0.3) is 0 Å². The summed E-state index contributed by atoms with van der Waals surface area (Å²) < 4.78 is 12.9. The van der Waals surface area contributed by atoms with Crippen molar-refractivity contribution in [2.75, 3.05) is 12.4 Å². The lowest BCUT2D eigenvalue weighted by atomic mass is 10.0. The molecule has 0 aromatic carbocycles. The standard InChI is InChI=1S/C14H17FN4/c1-8(2)12-9(3)18-13(19-14(12)16-4)11-6-5-10(15)7-17-11/h5-8H,1-4H3,(H,16,18,19). The number of aromatic nitrogens is 3. The lowest BCUT2D eigenvalue weighted by Gasteiger charge is -2.15. The third kappa shape index (κ3) is 2.70. The van der Waals surface area contributed by atoms with E-state index in [0.29, 0.717) is 17.4 Å². The highest BCUT2D eigenvalue weighted by Gasteiger charge is 2.15. The van der Waals surface area contributed by atoms with Gasteiger partial charge in [0.15, 0.2) is 5.82 Å². The van der Waals surface area contributed by atoms with Crippen LogP contribution in [0.4, 0.5) is 10.2 Å². The van der Waals surface area contributed by atoms with E-state index in [0.717, 1.165) is 17.1 Å². The molecule has 0 fully saturated rings. The Kier molecular flexibility index (Phi) is 3.74. The first-order valence-electron chi connectivity index (χ1n) is 6.21. The minimum Gasteiger partial charge on any atom is -0.373 e. The van der Waals surface area contributed by atoms with Crippen molar-refractivity contribution in [3.8, 4) is 11.5 Å². The van der Waals surface area contributed by atoms with Crippen LogP contribution in [0.15, 0.2) is 18.3 Å². The number of nitrogens with one attached hydrogen (secondary N) is 1. The van der Waals surface area contributed by atoms with E-state index in [9.17, 15) is 4.39 Å². The Morgan fingerprint density at radius 3 is 2.47 bits per heavy atom. The molecule has 0 spiro atoms. The largest absolute Gasteiger partial charge is 0.373 e. The van der Waals surface area contributed by atoms with Gasteiger partial charge in [0.2, 0.25) is 0 Å². The molecular formula is C14H17FN4. The maximum absolute atomic E-state index is 12.9. The number of pyridine rings is 1. The molecule has 1 N–H and O–H groups in total. The Hall–Kier alpha value is -2.04. The monoisotopic (exact) mass is 260 g/mol. The molecule has 0 amide bonds. The summed E-state index contributed by atoms with van der Waals surface area (Å²) in [6.45, 7) is 6.15. The molecule has 4 nitrogen and oxygen atoms in total. The van der Waals surface area contributed by atoms with Gasteiger partial charge in [-0.05, 0) is 25.0 Å². The van der Waals surface area contributed by atoms with Crippen LogP contribution in [0.1, 0.15) is 31.0 Å². The number of aryl methyl sites for hydroxylation is 1. The molecule has 100 valence electrons. The molecular weight excluding hydrogens is 243 g/mol. The van der Waals surface area contributed by atoms with Gasteiger partial charge in [0.1, 0.15) is 17.3 Å². The summed E-state index contributed by atoms with van der Waals surface area (Å²) in [4.78, 5) is 12.9. The second kappa shape index (κ2) is 5.30. The third-order valence-electron chi connectivity index (χ3n) is 2.91. The zero-order valence-electron chi connectivity index (χ0n) is 11.5. The predicted octanol–water partition coefficient (Wildman–Crippen LogP) is 3.15. The molecule has 2 aromatic heterocycles. The van der Waals surface area contributed by atoms with E-state index in [1.165, 1.54) is 12.3 Å². The molecule has 19 heavy (non-hydrogen) atoms. The maximum Gasteiger partial charge on any atom is 0.180 e. The molecule has 2 heterocycles. The average Bonchev–Trinajstić information content (AvgIpc) is 2.38. The van der Waals surface area contributed by atoms with Crippen molar-refractivity contribution >= 4 is 5.82 Å². The minimum absolute atomic E-state index is 0.331. The third-order valence-corrected chi connectivity index (χ3v) is 2.91. The first-order valence-corrected chi connectivity index (χ1v) is 6.21. The van der Waals surface area contributed by atoms with Gasteiger partial charge >= 0.3 is 0 Å². The molecule has 5 heteroatoms. The van der Waals surface area contributed by atoms with Crippen LogP contribution in [0, 0.1) is 12.7 Å². The number of hydrogen-bond donors (Lipinski definition) is 1. The number of rotatable bonds is 3. The summed E-state index contributed by atoms with van der Waals surface area (Å²) in [5.41, 5.74) is 2.57. The summed E-state index contributed by atoms with van der Waals surface area (Å²) in [5.74, 6) is 1.26. The van der Waals surface area contributed by atoms with Gasteiger partial charge in [-0.2, -0.15) is 0 Å². The van der Waals surface area contributed by atoms with Crippen molar-refractivity contribution in [2.24, 2.45) is 0 Å². The van der Waals surface area contributed by atoms with E-state index in [-0.39, 0.29) is 5.82 Å². The molecule has 2 aromatic rings. The van der Waals surface area contributed by atoms with E-state index in [1.807, 2.05) is 14.0 Å². The molecule has 0 bridgehead atoms. The fourth-order valence-corrected chi connectivity index (χ4v) is 2.09. The topological polar surface area (TPSA) is 50.7 Å². The van der Waals surface area contributed by atoms with E-state index < -0.39 is 0 Å². The summed E-state index contributed by atoms with van der Waals surface area (Å²) in [5, 5.41) is 3.09. The summed E-state index contributed by atoms with van der Waals surface area (Å²) >= 11 is 0. The number of hydrogen-bond acceptors (Lipinski definition) is 4. The highest BCUT2D eigenvalue weighted by atomic mass is 19.1. The van der Waals surface area contributed by atoms with Crippen LogP contribution in [0.5, 0.6) is 0 Å². The van der Waals surface area contributed by atoms with Gasteiger partial charge in [-0.3, -0.25) is 0 Å². The second-order valence-electron chi connectivity index (χ2n) is 4.66. The maximum atomic E-state index is 12.9. The smallest absolute Gasteiger partial charge is 0.180 e. The van der Waals surface area contributed by atoms with Crippen LogP contribution in [-0.4, -0.2) is 22.0 Å². The van der Waals surface area contributed by atoms with E-state index in [2.05, 4.69) is 34.1 Å². The van der Waals surface area contributed by atoms with Crippen molar-refractivity contribution in [2.45, 2.75) is 26.7 Å². The van der Waals surface area contributed by atoms with Gasteiger partial charge in [-0.25, -0.2) is 19.3 Å². The zero-order chi connectivity index (χ0) is 14.0. The van der Waals surface area contributed by atoms with Crippen molar-refractivity contribution in [1.82, 2.24) is 15.0 Å². The molecule has 0 aliphatic rings. The quantitative estimate of drug-likeness (QED) is 0.921. The van der Waals surface area contributed by atoms with Gasteiger partial charge in [0.05, 0.1) is 6.20 Å². The number of halogens is 1. The van der Waals surface area contributed by atoms with Crippen LogP contribution in [-0.2, 0) is 0 Å². The molecule has 2 rings (SSSR count). The molecule has 0 saturated carbocycles. The van der Waals surface area contributed by atoms with Gasteiger partial charge in [0, 0.05) is 18.3 Å². The fourth-order valence-electron chi connectivity index (χ4n) is 2.09. The lowest BCUT2D eigenvalue weighted by Crippen LogP contribution is -2.07. The van der Waals surface area contributed by atoms with Crippen molar-refractivity contribution in [1.29, 1.82) is 0 Å². The minimum atomic E-state index is -0.367. The van der Waals surface area contributed by atoms with Gasteiger partial charge in [-0.1, -0.05) is 13.8 Å². The van der Waals surface area contributed by atoms with Crippen LogP contribution in [0.2, 0.25) is 0 Å². The van der Waals surface area contributed by atoms with Crippen LogP contribution >= 0.6 is 0 Å². The number of anilines is 1. The van der Waals surface area contributed by atoms with Gasteiger partial charge < -0.3 is 5.32 Å². The Labute approximate surface area is 112 Å². The highest BCUT2D eigenvalue weighted by molar-refractivity contribution is 5.57. The van der Waals surface area contributed by atoms with Crippen LogP contribution in [0.25, 0.3) is 11.5 Å². The van der Waals surface area contributed by atoms with Crippen molar-refractivity contribution in [3.05, 3.63) is 35.4 Å². The Balaban J connectivity index is 2.54. The number of nitrogens with zero attached hydrogens (tertiary/aromatic N) is 3. The molecule has 0 atom stereocenters. The van der Waals surface area contributed by atoms with E-state index in [1.54, 1.807) is 6.07 Å². The molecule has 0 aliphatic heterocycles. The highest BCUT2D eigenvalue weighted by Crippen LogP contribution is 2.27. The molecule has 0 aliphatic carbocycles. The summed E-state index contributed by atoms with van der Waals surface area (Å²) in [6.07, 6.45) is 1.17. The molecule has 0 radical (unpaired) electrons. The van der Waals surface area contributed by atoms with Crippen LogP contribution < -0.4 is 5.32 Å². The zero-order valence-corrected chi connectivity index (χ0v) is 11.5. The summed E-state index contributed by atoms with van der Waals surface area (Å²) in [7, 11) is 1.83. The molecule has 0 saturated heterocycles. The SMILES string of the molecule is CNc1nc(-c2ccc(F)cn2)nc(C)c1C(C)C. The predicted molar refractivity (Wildman–Crippen MR) is 73.6 cm³/mol. The second-order valence-corrected chi connectivity index (χ2v) is 4.66. The van der Waals surface area contributed by atoms with Crippen molar-refractivity contribution in [3.63, 3.8) is 0 Å². The first-order chi connectivity index (χ1) is 9.02. The van der Waals surface area contributed by atoms with E-state index in [4.69, 9.17) is 0 Å².